The van der Waals surface area contributed by atoms with Gasteiger partial charge in [-0.2, -0.15) is 0 Å². The van der Waals surface area contributed by atoms with Gasteiger partial charge in [0.25, 0.3) is 0 Å². The zero-order valence-corrected chi connectivity index (χ0v) is 13.1. The fourth-order valence-corrected chi connectivity index (χ4v) is 2.21. The van der Waals surface area contributed by atoms with Gasteiger partial charge in [-0.15, -0.1) is 0 Å². The third-order valence-electron chi connectivity index (χ3n) is 2.90. The molecule has 22 heavy (non-hydrogen) atoms. The monoisotopic (exact) mass is 320 g/mol. The smallest absolute Gasteiger partial charge is 0.350 e. The fraction of sp³-hybridized carbons (Fsp3) is 0.235. The van der Waals surface area contributed by atoms with Crippen molar-refractivity contribution in [2.45, 2.75) is 24.7 Å². The summed E-state index contributed by atoms with van der Waals surface area (Å²) in [6, 6.07) is 12.8. The molecule has 2 rings (SSSR count). The second-order valence-corrected chi connectivity index (χ2v) is 5.38. The highest BCUT2D eigenvalue weighted by molar-refractivity contribution is 7.95. The first-order valence-corrected chi connectivity index (χ1v) is 7.81. The van der Waals surface area contributed by atoms with Gasteiger partial charge in [0.05, 0.1) is 29.1 Å². The number of halogens is 1. The first-order valence-electron chi connectivity index (χ1n) is 7.07. The van der Waals surface area contributed by atoms with Gasteiger partial charge in [-0.25, -0.2) is 9.18 Å². The van der Waals surface area contributed by atoms with E-state index in [1.807, 2.05) is 0 Å². The normalized spacial score (nSPS) is 10.3. The summed E-state index contributed by atoms with van der Waals surface area (Å²) in [5.74, 6) is -0.222. The van der Waals surface area contributed by atoms with Crippen molar-refractivity contribution in [2.24, 2.45) is 0 Å². The zero-order valence-electron chi connectivity index (χ0n) is 12.3. The molecular formula is C17H17FO3S. The molecule has 116 valence electrons. The van der Waals surface area contributed by atoms with Gasteiger partial charge in [0.1, 0.15) is 11.6 Å². The molecule has 2 aromatic rings. The topological polar surface area (TPSA) is 35.5 Å². The van der Waals surface area contributed by atoms with Crippen molar-refractivity contribution in [1.82, 2.24) is 0 Å². The Morgan fingerprint density at radius 2 is 1.86 bits per heavy atom. The maximum absolute atomic E-state index is 13.4. The molecule has 2 aromatic carbocycles. The minimum absolute atomic E-state index is 0.273. The average molecular weight is 320 g/mol. The molecule has 0 spiro atoms. The zero-order chi connectivity index (χ0) is 15.8. The number of carbonyl (C=O) groups excluding carboxylic acids is 1. The molecule has 0 saturated heterocycles. The molecule has 0 N–H and O–H groups in total. The second-order valence-electron chi connectivity index (χ2n) is 4.61. The molecule has 0 saturated carbocycles. The van der Waals surface area contributed by atoms with Gasteiger partial charge in [0.15, 0.2) is 0 Å². The van der Waals surface area contributed by atoms with Crippen LogP contribution in [0.3, 0.4) is 0 Å². The van der Waals surface area contributed by atoms with E-state index in [1.54, 1.807) is 42.5 Å². The Bertz CT molecular complexity index is 614. The number of carbonyl (C=O) groups is 1. The Labute approximate surface area is 133 Å². The Morgan fingerprint density at radius 3 is 2.55 bits per heavy atom. The van der Waals surface area contributed by atoms with Crippen LogP contribution in [0.4, 0.5) is 4.39 Å². The van der Waals surface area contributed by atoms with Gasteiger partial charge in [-0.1, -0.05) is 25.5 Å². The summed E-state index contributed by atoms with van der Waals surface area (Å²) in [5.41, 5.74) is 0.395. The summed E-state index contributed by atoms with van der Waals surface area (Å²) >= 11 is 0.715. The quantitative estimate of drug-likeness (QED) is 0.538. The molecule has 0 bridgehead atoms. The molecule has 3 nitrogen and oxygen atoms in total. The number of benzene rings is 2. The molecule has 0 radical (unpaired) electrons. The molecule has 0 aromatic heterocycles. The second kappa shape index (κ2) is 8.44. The molecule has 0 aliphatic carbocycles. The van der Waals surface area contributed by atoms with Crippen molar-refractivity contribution in [2.75, 3.05) is 6.61 Å². The molecule has 0 aliphatic rings. The summed E-state index contributed by atoms with van der Waals surface area (Å²) in [5, 5.41) is 0. The third-order valence-corrected chi connectivity index (χ3v) is 3.65. The molecule has 0 heterocycles. The molecule has 5 heteroatoms. The average Bonchev–Trinajstić information content (AvgIpc) is 2.55. The van der Waals surface area contributed by atoms with E-state index < -0.39 is 11.8 Å². The van der Waals surface area contributed by atoms with Crippen molar-refractivity contribution < 1.29 is 18.1 Å². The van der Waals surface area contributed by atoms with Crippen LogP contribution in [0.1, 0.15) is 30.1 Å². The van der Waals surface area contributed by atoms with Crippen molar-refractivity contribution in [1.29, 1.82) is 0 Å². The Hall–Kier alpha value is -2.01. The molecule has 0 atom stereocenters. The molecule has 0 fully saturated rings. The largest absolute Gasteiger partial charge is 0.494 e. The lowest BCUT2D eigenvalue weighted by Crippen LogP contribution is -2.01. The first-order chi connectivity index (χ1) is 10.7. The van der Waals surface area contributed by atoms with E-state index in [0.717, 1.165) is 12.8 Å². The SMILES string of the molecule is CCCCOc1ccc(C(=O)OSc2ccccc2F)cc1. The van der Waals surface area contributed by atoms with Crippen LogP contribution in [0.5, 0.6) is 5.75 Å². The Balaban J connectivity index is 1.88. The van der Waals surface area contributed by atoms with Gasteiger partial charge in [-0.3, -0.25) is 0 Å². The highest BCUT2D eigenvalue weighted by Gasteiger charge is 2.10. The van der Waals surface area contributed by atoms with Crippen molar-refractivity contribution in [3.05, 3.63) is 59.9 Å². The van der Waals surface area contributed by atoms with E-state index in [1.165, 1.54) is 6.07 Å². The minimum atomic E-state index is -0.520. The number of hydrogen-bond donors (Lipinski definition) is 0. The number of hydrogen-bond acceptors (Lipinski definition) is 4. The first kappa shape index (κ1) is 16.4. The van der Waals surface area contributed by atoms with E-state index in [0.29, 0.717) is 30.0 Å². The summed E-state index contributed by atoms with van der Waals surface area (Å²) in [4.78, 5) is 12.2. The number of ether oxygens (including phenoxy) is 1. The lowest BCUT2D eigenvalue weighted by molar-refractivity contribution is 0.0768. The van der Waals surface area contributed by atoms with Crippen molar-refractivity contribution >= 4 is 18.0 Å². The summed E-state index contributed by atoms with van der Waals surface area (Å²) in [6.07, 6.45) is 2.06. The van der Waals surface area contributed by atoms with Crippen molar-refractivity contribution in [3.63, 3.8) is 0 Å². The predicted molar refractivity (Wildman–Crippen MR) is 84.5 cm³/mol. The number of rotatable bonds is 7. The maximum Gasteiger partial charge on any atom is 0.350 e. The van der Waals surface area contributed by atoms with Crippen molar-refractivity contribution in [3.8, 4) is 5.75 Å². The Morgan fingerprint density at radius 1 is 1.14 bits per heavy atom. The highest BCUT2D eigenvalue weighted by Crippen LogP contribution is 2.24. The summed E-state index contributed by atoms with van der Waals surface area (Å²) in [7, 11) is 0. The van der Waals surface area contributed by atoms with Gasteiger partial charge in [0.2, 0.25) is 0 Å². The minimum Gasteiger partial charge on any atom is -0.494 e. The van der Waals surface area contributed by atoms with Crippen LogP contribution in [-0.4, -0.2) is 12.6 Å². The summed E-state index contributed by atoms with van der Waals surface area (Å²) in [6.45, 7) is 2.75. The Kier molecular flexibility index (Phi) is 6.27. The van der Waals surface area contributed by atoms with E-state index in [4.69, 9.17) is 8.92 Å². The van der Waals surface area contributed by atoms with Crippen LogP contribution < -0.4 is 4.74 Å². The van der Waals surface area contributed by atoms with Crippen LogP contribution in [0, 0.1) is 5.82 Å². The van der Waals surface area contributed by atoms with E-state index in [2.05, 4.69) is 6.92 Å². The van der Waals surface area contributed by atoms with Crippen LogP contribution in [0.25, 0.3) is 0 Å². The van der Waals surface area contributed by atoms with Crippen LogP contribution in [0.2, 0.25) is 0 Å². The maximum atomic E-state index is 13.4. The van der Waals surface area contributed by atoms with E-state index in [-0.39, 0.29) is 4.90 Å². The molecular weight excluding hydrogens is 303 g/mol. The van der Waals surface area contributed by atoms with Crippen LogP contribution >= 0.6 is 12.0 Å². The molecule has 0 aliphatic heterocycles. The predicted octanol–water partition coefficient (Wildman–Crippen LogP) is 4.87. The molecule has 0 amide bonds. The standard InChI is InChI=1S/C17H17FO3S/c1-2-3-12-20-14-10-8-13(9-11-14)17(19)21-22-16-7-5-4-6-15(16)18/h4-11H,2-3,12H2,1H3. The van der Waals surface area contributed by atoms with E-state index in [9.17, 15) is 9.18 Å². The van der Waals surface area contributed by atoms with Gasteiger partial charge >= 0.3 is 5.97 Å². The third kappa shape index (κ3) is 4.77. The molecule has 0 unspecified atom stereocenters. The fourth-order valence-electron chi connectivity index (χ4n) is 1.66. The van der Waals surface area contributed by atoms with Gasteiger partial charge in [0, 0.05) is 0 Å². The van der Waals surface area contributed by atoms with Crippen LogP contribution in [0.15, 0.2) is 53.4 Å². The highest BCUT2D eigenvalue weighted by atomic mass is 32.2. The summed E-state index contributed by atoms with van der Waals surface area (Å²) < 4.78 is 24.0. The van der Waals surface area contributed by atoms with Gasteiger partial charge in [-0.05, 0) is 42.8 Å². The number of unbranched alkanes of at least 4 members (excludes halogenated alkanes) is 1. The van der Waals surface area contributed by atoms with E-state index >= 15 is 0 Å². The lowest BCUT2D eigenvalue weighted by Gasteiger charge is -2.06. The van der Waals surface area contributed by atoms with Crippen LogP contribution in [-0.2, 0) is 4.18 Å². The lowest BCUT2D eigenvalue weighted by atomic mass is 10.2. The van der Waals surface area contributed by atoms with Gasteiger partial charge < -0.3 is 8.92 Å².